The van der Waals surface area contributed by atoms with E-state index < -0.39 is 30.0 Å². The minimum atomic E-state index is -4.89. The zero-order chi connectivity index (χ0) is 31.3. The maximum Gasteiger partial charge on any atom is 0.573 e. The molecule has 3 amide bonds. The largest absolute Gasteiger partial charge is 0.573 e. The number of nitrogens with one attached hydrogen (secondary N) is 2. The number of carbonyl (C=O) groups is 2. The molecule has 0 atom stereocenters. The van der Waals surface area contributed by atoms with E-state index in [0.717, 1.165) is 48.6 Å². The van der Waals surface area contributed by atoms with E-state index in [-0.39, 0.29) is 22.8 Å². The van der Waals surface area contributed by atoms with Crippen molar-refractivity contribution >= 4 is 55.8 Å². The number of thiazole rings is 1. The van der Waals surface area contributed by atoms with Crippen LogP contribution in [0.15, 0.2) is 82.9 Å². The third-order valence-corrected chi connectivity index (χ3v) is 7.72. The van der Waals surface area contributed by atoms with Crippen LogP contribution in [-0.2, 0) is 6.54 Å². The molecule has 0 saturated heterocycles. The number of rotatable bonds is 7. The van der Waals surface area contributed by atoms with Gasteiger partial charge in [0.05, 0.1) is 11.2 Å². The fourth-order valence-corrected chi connectivity index (χ4v) is 5.58. The molecule has 14 heteroatoms. The number of fused-ring (bicyclic) bond motifs is 1. The number of para-hydroxylation sites is 1. The Labute approximate surface area is 253 Å². The second kappa shape index (κ2) is 13.0. The number of ether oxygens (including phenoxy) is 1. The molecule has 226 valence electrons. The molecule has 1 heterocycles. The van der Waals surface area contributed by atoms with Crippen molar-refractivity contribution in [1.82, 2.24) is 4.98 Å². The van der Waals surface area contributed by atoms with Crippen LogP contribution in [0, 0.1) is 5.53 Å². The number of hydrogen-bond donors (Lipinski definition) is 3. The average molecular weight is 622 g/mol. The zero-order valence-electron chi connectivity index (χ0n) is 23.1. The van der Waals surface area contributed by atoms with Gasteiger partial charge in [0.15, 0.2) is 10.9 Å². The van der Waals surface area contributed by atoms with Gasteiger partial charge in [-0.05, 0) is 78.8 Å². The first kappa shape index (κ1) is 30.4. The molecule has 0 unspecified atom stereocenters. The first-order valence-electron chi connectivity index (χ1n) is 13.5. The summed E-state index contributed by atoms with van der Waals surface area (Å²) in [5.41, 5.74) is 15.9. The number of anilines is 2. The van der Waals surface area contributed by atoms with E-state index in [1.807, 2.05) is 24.3 Å². The van der Waals surface area contributed by atoms with Crippen LogP contribution in [-0.4, -0.2) is 29.2 Å². The third-order valence-electron chi connectivity index (χ3n) is 6.78. The van der Waals surface area contributed by atoms with E-state index in [4.69, 9.17) is 11.3 Å². The van der Waals surface area contributed by atoms with Gasteiger partial charge < -0.3 is 10.5 Å². The number of nitrogens with zero attached hydrogens (tertiary/aromatic N) is 4. The number of aliphatic imine (C=N–C) groups is 1. The highest BCUT2D eigenvalue weighted by Gasteiger charge is 2.32. The number of benzene rings is 3. The summed E-state index contributed by atoms with van der Waals surface area (Å²) in [6.07, 6.45) is 1.62. The fraction of sp³-hybridized carbons (Fsp3) is 0.200. The van der Waals surface area contributed by atoms with Crippen LogP contribution in [0.25, 0.3) is 15.8 Å². The Balaban J connectivity index is 1.42. The summed E-state index contributed by atoms with van der Waals surface area (Å²) in [5, 5.41) is 5.71. The van der Waals surface area contributed by atoms with Gasteiger partial charge in [-0.2, -0.15) is 4.99 Å². The highest BCUT2D eigenvalue weighted by Crippen LogP contribution is 2.35. The maximum atomic E-state index is 13.7. The molecule has 4 aromatic rings. The Kier molecular flexibility index (Phi) is 8.99. The van der Waals surface area contributed by atoms with Gasteiger partial charge in [-0.3, -0.25) is 15.0 Å². The van der Waals surface area contributed by atoms with Crippen LogP contribution >= 0.6 is 11.3 Å². The number of hydrogen-bond acceptors (Lipinski definition) is 6. The molecule has 0 fully saturated rings. The standard InChI is InChI=1S/C30H26F3N7O3S/c31-30(32,33)43-23-7-4-8-24-25(23)36-28(44-24)38-29(42)40(22-15-13-20(14-16-22)19-5-2-1-3-6-19)17-18-9-11-21(12-10-18)26(41)37-27(34)39-35/h4-5,7-16,35H,1-3,6,17H2,(H2,34,37,41)(H,36,38,42). The lowest BCUT2D eigenvalue weighted by Gasteiger charge is -2.23. The SMILES string of the molecule is N=NC(N)=NC(=O)c1ccc(CN(C(=O)Nc2nc3c(OC(F)(F)F)cccc3s2)c2ccc(C3=CCCCC3)cc2)cc1. The number of halogens is 3. The molecule has 3 aromatic carbocycles. The van der Waals surface area contributed by atoms with Gasteiger partial charge in [0, 0.05) is 11.3 Å². The smallest absolute Gasteiger partial charge is 0.403 e. The molecule has 0 saturated carbocycles. The molecule has 0 spiro atoms. The summed E-state index contributed by atoms with van der Waals surface area (Å²) in [6, 6.07) is 17.5. The molecular formula is C30H26F3N7O3S. The fourth-order valence-electron chi connectivity index (χ4n) is 4.71. The number of aromatic nitrogens is 1. The van der Waals surface area contributed by atoms with Crippen molar-refractivity contribution < 1.29 is 27.5 Å². The second-order valence-corrected chi connectivity index (χ2v) is 10.8. The molecule has 1 aliphatic carbocycles. The molecule has 1 aromatic heterocycles. The highest BCUT2D eigenvalue weighted by molar-refractivity contribution is 7.22. The van der Waals surface area contributed by atoms with Crippen LogP contribution in [0.5, 0.6) is 5.75 Å². The van der Waals surface area contributed by atoms with Gasteiger partial charge >= 0.3 is 12.4 Å². The molecule has 0 radical (unpaired) electrons. The van der Waals surface area contributed by atoms with Crippen molar-refractivity contribution in [2.45, 2.75) is 38.6 Å². The molecule has 0 aliphatic heterocycles. The lowest BCUT2D eigenvalue weighted by atomic mass is 9.93. The molecular weight excluding hydrogens is 595 g/mol. The molecule has 44 heavy (non-hydrogen) atoms. The van der Waals surface area contributed by atoms with Gasteiger partial charge in [-0.1, -0.05) is 47.7 Å². The van der Waals surface area contributed by atoms with Crippen LogP contribution in [0.3, 0.4) is 0 Å². The van der Waals surface area contributed by atoms with Crippen molar-refractivity contribution in [3.05, 3.63) is 89.5 Å². The molecule has 5 rings (SSSR count). The maximum absolute atomic E-state index is 13.7. The van der Waals surface area contributed by atoms with Crippen molar-refractivity contribution in [2.24, 2.45) is 15.8 Å². The minimum absolute atomic E-state index is 0.0245. The van der Waals surface area contributed by atoms with Crippen LogP contribution in [0.1, 0.15) is 47.2 Å². The van der Waals surface area contributed by atoms with E-state index >= 15 is 0 Å². The van der Waals surface area contributed by atoms with Gasteiger partial charge in [0.1, 0.15) is 5.52 Å². The minimum Gasteiger partial charge on any atom is -0.403 e. The van der Waals surface area contributed by atoms with Gasteiger partial charge in [-0.25, -0.2) is 15.3 Å². The summed E-state index contributed by atoms with van der Waals surface area (Å²) >= 11 is 1.01. The Morgan fingerprint density at radius 2 is 1.82 bits per heavy atom. The first-order valence-corrected chi connectivity index (χ1v) is 14.3. The number of nitrogens with two attached hydrogens (primary N) is 1. The number of allylic oxidation sites excluding steroid dienone is 2. The topological polar surface area (TPSA) is 146 Å². The quantitative estimate of drug-likeness (QED) is 0.109. The number of carbonyl (C=O) groups excluding carboxylic acids is 2. The normalized spacial score (nSPS) is 13.7. The molecule has 10 nitrogen and oxygen atoms in total. The monoisotopic (exact) mass is 621 g/mol. The van der Waals surface area contributed by atoms with Gasteiger partial charge in [-0.15, -0.1) is 18.3 Å². The Hall–Kier alpha value is -5.11. The van der Waals surface area contributed by atoms with Crippen LogP contribution in [0.2, 0.25) is 0 Å². The second-order valence-electron chi connectivity index (χ2n) is 9.79. The van der Waals surface area contributed by atoms with Gasteiger partial charge in [0.25, 0.3) is 5.91 Å². The summed E-state index contributed by atoms with van der Waals surface area (Å²) in [6.45, 7) is 0.0864. The lowest BCUT2D eigenvalue weighted by Crippen LogP contribution is -2.34. The first-order chi connectivity index (χ1) is 21.1. The lowest BCUT2D eigenvalue weighted by molar-refractivity contribution is -0.274. The molecule has 4 N–H and O–H groups in total. The summed E-state index contributed by atoms with van der Waals surface area (Å²) in [5.74, 6) is -1.61. The Bertz CT molecular complexity index is 1750. The zero-order valence-corrected chi connectivity index (χ0v) is 23.9. The van der Waals surface area contributed by atoms with E-state index in [1.54, 1.807) is 18.2 Å². The summed E-state index contributed by atoms with van der Waals surface area (Å²) < 4.78 is 43.2. The van der Waals surface area contributed by atoms with Crippen molar-refractivity contribution in [3.8, 4) is 5.75 Å². The predicted octanol–water partition coefficient (Wildman–Crippen LogP) is 7.88. The number of amides is 3. The van der Waals surface area contributed by atoms with Crippen molar-refractivity contribution in [2.75, 3.05) is 10.2 Å². The van der Waals surface area contributed by atoms with E-state index in [2.05, 4.69) is 31.2 Å². The van der Waals surface area contributed by atoms with Crippen LogP contribution < -0.4 is 20.7 Å². The average Bonchev–Trinajstić information content (AvgIpc) is 3.43. The van der Waals surface area contributed by atoms with E-state index in [1.165, 1.54) is 28.7 Å². The molecule has 0 bridgehead atoms. The predicted molar refractivity (Wildman–Crippen MR) is 162 cm³/mol. The molecule has 1 aliphatic rings. The van der Waals surface area contributed by atoms with Gasteiger partial charge in [0.2, 0.25) is 5.96 Å². The Morgan fingerprint density at radius 3 is 2.48 bits per heavy atom. The number of guanidine groups is 1. The summed E-state index contributed by atoms with van der Waals surface area (Å²) in [4.78, 5) is 35.1. The number of urea groups is 1. The van der Waals surface area contributed by atoms with E-state index in [9.17, 15) is 22.8 Å². The number of alkyl halides is 3. The van der Waals surface area contributed by atoms with Crippen LogP contribution in [0.4, 0.5) is 28.8 Å². The van der Waals surface area contributed by atoms with E-state index in [0.29, 0.717) is 16.0 Å². The highest BCUT2D eigenvalue weighted by atomic mass is 32.1. The Morgan fingerprint density at radius 1 is 1.07 bits per heavy atom. The van der Waals surface area contributed by atoms with Crippen molar-refractivity contribution in [3.63, 3.8) is 0 Å². The third kappa shape index (κ3) is 7.45. The van der Waals surface area contributed by atoms with Crippen molar-refractivity contribution in [1.29, 1.82) is 5.53 Å². The summed E-state index contributed by atoms with van der Waals surface area (Å²) in [7, 11) is 0.